The normalized spacial score (nSPS) is 29.0. The van der Waals surface area contributed by atoms with E-state index in [-0.39, 0.29) is 0 Å². The van der Waals surface area contributed by atoms with Gasteiger partial charge in [0.1, 0.15) is 0 Å². The van der Waals surface area contributed by atoms with Crippen LogP contribution >= 0.6 is 0 Å². The lowest BCUT2D eigenvalue weighted by atomic mass is 9.90. The zero-order valence-corrected chi connectivity index (χ0v) is 16.8. The summed E-state index contributed by atoms with van der Waals surface area (Å²) in [4.78, 5) is 2.33. The summed E-state index contributed by atoms with van der Waals surface area (Å²) in [5.41, 5.74) is 1.19. The molecule has 2 aromatic rings. The summed E-state index contributed by atoms with van der Waals surface area (Å²) in [5.74, 6) is 0.963. The molecule has 150 valence electrons. The summed E-state index contributed by atoms with van der Waals surface area (Å²) in [6.07, 6.45) is 1.06. The van der Waals surface area contributed by atoms with Gasteiger partial charge in [-0.25, -0.2) is 0 Å². The molecule has 4 rings (SSSR count). The first-order valence-electron chi connectivity index (χ1n) is 10.3. The largest absolute Gasteiger partial charge is 0.387 e. The second-order valence-corrected chi connectivity index (χ2v) is 9.24. The monoisotopic (exact) mass is 381 g/mol. The first kappa shape index (κ1) is 19.6. The van der Waals surface area contributed by atoms with Crippen LogP contribution in [0.25, 0.3) is 0 Å². The molecule has 0 spiro atoms. The fourth-order valence-electron chi connectivity index (χ4n) is 5.05. The first-order chi connectivity index (χ1) is 13.2. The lowest BCUT2D eigenvalue weighted by Gasteiger charge is -2.27. The SMILES string of the molecule is CC(C)(O)c1ccc(C(O)CN2CC3CC(O)(c4ccccc4)CC3C2)cc1. The van der Waals surface area contributed by atoms with Crippen molar-refractivity contribution >= 4 is 0 Å². The molecule has 3 atom stereocenters. The van der Waals surface area contributed by atoms with Crippen molar-refractivity contribution in [3.8, 4) is 0 Å². The minimum atomic E-state index is -0.870. The third-order valence-corrected chi connectivity index (χ3v) is 6.60. The maximum Gasteiger partial charge on any atom is 0.0916 e. The van der Waals surface area contributed by atoms with Gasteiger partial charge in [-0.05, 0) is 55.2 Å². The van der Waals surface area contributed by atoms with E-state index < -0.39 is 17.3 Å². The second kappa shape index (κ2) is 7.27. The van der Waals surface area contributed by atoms with Crippen molar-refractivity contribution in [1.29, 1.82) is 0 Å². The Morgan fingerprint density at radius 2 is 1.57 bits per heavy atom. The van der Waals surface area contributed by atoms with Gasteiger partial charge in [0.25, 0.3) is 0 Å². The molecule has 4 heteroatoms. The van der Waals surface area contributed by atoms with Crippen LogP contribution in [0.5, 0.6) is 0 Å². The van der Waals surface area contributed by atoms with Crippen molar-refractivity contribution in [3.63, 3.8) is 0 Å². The smallest absolute Gasteiger partial charge is 0.0916 e. The first-order valence-corrected chi connectivity index (χ1v) is 10.3. The maximum atomic E-state index is 11.1. The highest BCUT2D eigenvalue weighted by molar-refractivity contribution is 5.28. The van der Waals surface area contributed by atoms with Gasteiger partial charge in [0, 0.05) is 19.6 Å². The Balaban J connectivity index is 1.35. The van der Waals surface area contributed by atoms with Crippen molar-refractivity contribution in [3.05, 3.63) is 71.3 Å². The number of hydrogen-bond acceptors (Lipinski definition) is 4. The fourth-order valence-corrected chi connectivity index (χ4v) is 5.05. The maximum absolute atomic E-state index is 11.1. The third-order valence-electron chi connectivity index (χ3n) is 6.60. The van der Waals surface area contributed by atoms with Crippen LogP contribution in [0.15, 0.2) is 54.6 Å². The van der Waals surface area contributed by atoms with E-state index in [1.54, 1.807) is 13.8 Å². The van der Waals surface area contributed by atoms with E-state index in [9.17, 15) is 15.3 Å². The molecule has 0 bridgehead atoms. The third kappa shape index (κ3) is 3.87. The Kier molecular flexibility index (Phi) is 5.09. The van der Waals surface area contributed by atoms with Crippen LogP contribution in [-0.4, -0.2) is 39.9 Å². The Hall–Kier alpha value is -1.72. The molecule has 2 aromatic carbocycles. The number of aliphatic hydroxyl groups is 3. The van der Waals surface area contributed by atoms with Gasteiger partial charge in [-0.2, -0.15) is 0 Å². The quantitative estimate of drug-likeness (QED) is 0.744. The Bertz CT molecular complexity index is 783. The van der Waals surface area contributed by atoms with Crippen molar-refractivity contribution in [2.24, 2.45) is 11.8 Å². The molecular formula is C24H31NO3. The van der Waals surface area contributed by atoms with Crippen molar-refractivity contribution in [2.45, 2.75) is 44.0 Å². The highest BCUT2D eigenvalue weighted by atomic mass is 16.3. The van der Waals surface area contributed by atoms with E-state index in [1.807, 2.05) is 54.6 Å². The minimum Gasteiger partial charge on any atom is -0.387 e. The molecule has 1 saturated heterocycles. The minimum absolute atomic E-state index is 0.481. The lowest BCUT2D eigenvalue weighted by molar-refractivity contribution is 0.0288. The van der Waals surface area contributed by atoms with Gasteiger partial charge >= 0.3 is 0 Å². The average Bonchev–Trinajstić information content (AvgIpc) is 3.16. The van der Waals surface area contributed by atoms with E-state index >= 15 is 0 Å². The van der Waals surface area contributed by atoms with Gasteiger partial charge in [-0.3, -0.25) is 4.90 Å². The van der Waals surface area contributed by atoms with Gasteiger partial charge in [0.05, 0.1) is 17.3 Å². The molecule has 1 saturated carbocycles. The highest BCUT2D eigenvalue weighted by Gasteiger charge is 2.49. The van der Waals surface area contributed by atoms with Gasteiger partial charge in [-0.1, -0.05) is 54.6 Å². The number of β-amino-alcohol motifs (C(OH)–C–C–N with tert-alkyl or cyclic N) is 1. The van der Waals surface area contributed by atoms with E-state index in [0.29, 0.717) is 18.4 Å². The Morgan fingerprint density at radius 1 is 1.00 bits per heavy atom. The van der Waals surface area contributed by atoms with E-state index in [4.69, 9.17) is 0 Å². The summed E-state index contributed by atoms with van der Waals surface area (Å²) in [5, 5.41) is 31.9. The topological polar surface area (TPSA) is 63.9 Å². The van der Waals surface area contributed by atoms with Gasteiger partial charge in [0.15, 0.2) is 0 Å². The van der Waals surface area contributed by atoms with Crippen LogP contribution in [0.4, 0.5) is 0 Å². The lowest BCUT2D eigenvalue weighted by Crippen LogP contribution is -2.31. The van der Waals surface area contributed by atoms with Crippen LogP contribution in [0.1, 0.15) is 49.5 Å². The number of hydrogen-bond donors (Lipinski definition) is 3. The van der Waals surface area contributed by atoms with Gasteiger partial charge in [-0.15, -0.1) is 0 Å². The number of fused-ring (bicyclic) bond motifs is 1. The summed E-state index contributed by atoms with van der Waals surface area (Å²) in [7, 11) is 0. The number of nitrogens with zero attached hydrogens (tertiary/aromatic N) is 1. The van der Waals surface area contributed by atoms with Crippen molar-refractivity contribution in [1.82, 2.24) is 4.90 Å². The van der Waals surface area contributed by atoms with Crippen LogP contribution < -0.4 is 0 Å². The molecular weight excluding hydrogens is 350 g/mol. The Morgan fingerprint density at radius 3 is 2.11 bits per heavy atom. The molecule has 0 amide bonds. The summed E-state index contributed by atoms with van der Waals surface area (Å²) in [6, 6.07) is 17.6. The van der Waals surface area contributed by atoms with Crippen LogP contribution in [0.3, 0.4) is 0 Å². The van der Waals surface area contributed by atoms with Crippen LogP contribution in [-0.2, 0) is 11.2 Å². The summed E-state index contributed by atoms with van der Waals surface area (Å²) < 4.78 is 0. The summed E-state index contributed by atoms with van der Waals surface area (Å²) in [6.45, 7) is 5.99. The van der Waals surface area contributed by atoms with Crippen molar-refractivity contribution < 1.29 is 15.3 Å². The number of rotatable bonds is 5. The molecule has 1 aliphatic carbocycles. The molecule has 4 nitrogen and oxygen atoms in total. The van der Waals surface area contributed by atoms with E-state index in [2.05, 4.69) is 4.90 Å². The molecule has 2 aliphatic rings. The fraction of sp³-hybridized carbons (Fsp3) is 0.500. The van der Waals surface area contributed by atoms with Gasteiger partial charge < -0.3 is 15.3 Å². The second-order valence-electron chi connectivity index (χ2n) is 9.24. The zero-order chi connectivity index (χ0) is 19.9. The van der Waals surface area contributed by atoms with Crippen LogP contribution in [0, 0.1) is 11.8 Å². The molecule has 1 heterocycles. The highest BCUT2D eigenvalue weighted by Crippen LogP contribution is 2.49. The van der Waals surface area contributed by atoms with Crippen molar-refractivity contribution in [2.75, 3.05) is 19.6 Å². The summed E-state index contributed by atoms with van der Waals surface area (Å²) >= 11 is 0. The standard InChI is InChI=1S/C24H31NO3/c1-23(2,27)20-10-8-17(9-11-20)22(26)16-25-14-18-12-24(28,13-19(18)15-25)21-6-4-3-5-7-21/h3-11,18-19,22,26-28H,12-16H2,1-2H3. The van der Waals surface area contributed by atoms with Crippen LogP contribution in [0.2, 0.25) is 0 Å². The molecule has 1 aliphatic heterocycles. The molecule has 0 radical (unpaired) electrons. The van der Waals surface area contributed by atoms with E-state index in [0.717, 1.165) is 42.6 Å². The number of likely N-dealkylation sites (tertiary alicyclic amines) is 1. The molecule has 3 unspecified atom stereocenters. The Labute approximate surface area is 167 Å². The molecule has 28 heavy (non-hydrogen) atoms. The molecule has 2 fully saturated rings. The predicted octanol–water partition coefficient (Wildman–Crippen LogP) is 3.18. The number of aliphatic hydroxyl groups excluding tert-OH is 1. The average molecular weight is 382 g/mol. The molecule has 0 aromatic heterocycles. The predicted molar refractivity (Wildman–Crippen MR) is 110 cm³/mol. The van der Waals surface area contributed by atoms with Gasteiger partial charge in [0.2, 0.25) is 0 Å². The molecule has 3 N–H and O–H groups in total. The zero-order valence-electron chi connectivity index (χ0n) is 16.8. The van der Waals surface area contributed by atoms with E-state index in [1.165, 1.54) is 0 Å². The number of benzene rings is 2.